The van der Waals surface area contributed by atoms with Gasteiger partial charge in [0, 0.05) is 24.3 Å². The van der Waals surface area contributed by atoms with Gasteiger partial charge in [-0.05, 0) is 62.4 Å². The minimum atomic E-state index is -0.204. The molecular weight excluding hydrogens is 430 g/mol. The fourth-order valence-electron chi connectivity index (χ4n) is 3.34. The number of nitrogens with zero attached hydrogens (tertiary/aromatic N) is 1. The summed E-state index contributed by atoms with van der Waals surface area (Å²) in [5.74, 6) is 1.21. The van der Waals surface area contributed by atoms with Crippen molar-refractivity contribution < 1.29 is 19.1 Å². The number of hydrogen-bond acceptors (Lipinski definition) is 5. The number of anilines is 2. The van der Waals surface area contributed by atoms with Gasteiger partial charge in [0.1, 0.15) is 24.7 Å². The van der Waals surface area contributed by atoms with Gasteiger partial charge in [0.25, 0.3) is 5.91 Å². The van der Waals surface area contributed by atoms with Gasteiger partial charge < -0.3 is 25.0 Å². The molecule has 3 aromatic rings. The average molecular weight is 462 g/mol. The van der Waals surface area contributed by atoms with Crippen molar-refractivity contribution >= 4 is 23.2 Å². The SMILES string of the molecule is CCN(CC)C(=O)c1ccc(NC(=O)CNc2ccccc2OCCOc2ccccc2)cc1. The largest absolute Gasteiger partial charge is 0.490 e. The zero-order valence-electron chi connectivity index (χ0n) is 19.6. The van der Waals surface area contributed by atoms with E-state index in [1.165, 1.54) is 0 Å². The summed E-state index contributed by atoms with van der Waals surface area (Å²) in [4.78, 5) is 26.6. The Morgan fingerprint density at radius 2 is 1.44 bits per heavy atom. The molecule has 7 heteroatoms. The first-order valence-electron chi connectivity index (χ1n) is 11.4. The molecule has 0 aliphatic carbocycles. The molecule has 178 valence electrons. The number of carbonyl (C=O) groups is 2. The van der Waals surface area contributed by atoms with Gasteiger partial charge in [0.15, 0.2) is 0 Å². The molecule has 3 aromatic carbocycles. The molecule has 0 bridgehead atoms. The molecule has 0 fully saturated rings. The third kappa shape index (κ3) is 7.27. The number of hydrogen-bond donors (Lipinski definition) is 2. The predicted molar refractivity (Wildman–Crippen MR) is 135 cm³/mol. The zero-order chi connectivity index (χ0) is 24.2. The van der Waals surface area contributed by atoms with Crippen LogP contribution in [0.4, 0.5) is 11.4 Å². The second kappa shape index (κ2) is 12.9. The van der Waals surface area contributed by atoms with Crippen molar-refractivity contribution in [2.24, 2.45) is 0 Å². The molecule has 0 aromatic heterocycles. The fourth-order valence-corrected chi connectivity index (χ4v) is 3.34. The number of benzene rings is 3. The van der Waals surface area contributed by atoms with E-state index < -0.39 is 0 Å². The lowest BCUT2D eigenvalue weighted by Crippen LogP contribution is -2.30. The standard InChI is InChI=1S/C27H31N3O4/c1-3-30(4-2)27(32)21-14-16-22(17-15-21)29-26(31)20-28-24-12-8-9-13-25(24)34-19-18-33-23-10-6-5-7-11-23/h5-17,28H,3-4,18-20H2,1-2H3,(H,29,31). The minimum Gasteiger partial charge on any atom is -0.490 e. The van der Waals surface area contributed by atoms with Crippen molar-refractivity contribution in [2.45, 2.75) is 13.8 Å². The molecule has 0 spiro atoms. The number of rotatable bonds is 12. The summed E-state index contributed by atoms with van der Waals surface area (Å²) in [5.41, 5.74) is 1.95. The Bertz CT molecular complexity index is 1050. The molecule has 0 radical (unpaired) electrons. The maximum absolute atomic E-state index is 12.4. The Labute approximate surface area is 200 Å². The average Bonchev–Trinajstić information content (AvgIpc) is 2.87. The van der Waals surface area contributed by atoms with Gasteiger partial charge in [0.2, 0.25) is 5.91 Å². The molecule has 0 aliphatic heterocycles. The van der Waals surface area contributed by atoms with Crippen LogP contribution < -0.4 is 20.1 Å². The van der Waals surface area contributed by atoms with E-state index in [-0.39, 0.29) is 18.4 Å². The van der Waals surface area contributed by atoms with Crippen molar-refractivity contribution in [3.63, 3.8) is 0 Å². The van der Waals surface area contributed by atoms with Crippen LogP contribution in [-0.2, 0) is 4.79 Å². The highest BCUT2D eigenvalue weighted by molar-refractivity contribution is 5.96. The van der Waals surface area contributed by atoms with Crippen LogP contribution in [0.5, 0.6) is 11.5 Å². The van der Waals surface area contributed by atoms with E-state index in [0.717, 1.165) is 11.4 Å². The molecule has 0 heterocycles. The zero-order valence-corrected chi connectivity index (χ0v) is 19.6. The van der Waals surface area contributed by atoms with Gasteiger partial charge in [-0.25, -0.2) is 0 Å². The van der Waals surface area contributed by atoms with Gasteiger partial charge in [-0.15, -0.1) is 0 Å². The Kier molecular flexibility index (Phi) is 9.34. The Morgan fingerprint density at radius 3 is 2.15 bits per heavy atom. The normalized spacial score (nSPS) is 10.3. The Morgan fingerprint density at radius 1 is 0.794 bits per heavy atom. The molecule has 7 nitrogen and oxygen atoms in total. The van der Waals surface area contributed by atoms with Gasteiger partial charge in [-0.2, -0.15) is 0 Å². The number of para-hydroxylation sites is 3. The number of nitrogens with one attached hydrogen (secondary N) is 2. The lowest BCUT2D eigenvalue weighted by atomic mass is 10.1. The molecule has 0 unspecified atom stereocenters. The number of carbonyl (C=O) groups excluding carboxylic acids is 2. The highest BCUT2D eigenvalue weighted by Crippen LogP contribution is 2.23. The van der Waals surface area contributed by atoms with Crippen molar-refractivity contribution in [2.75, 3.05) is 43.5 Å². The van der Waals surface area contributed by atoms with Crippen LogP contribution in [0.15, 0.2) is 78.9 Å². The number of amides is 2. The summed E-state index contributed by atoms with van der Waals surface area (Å²) < 4.78 is 11.5. The highest BCUT2D eigenvalue weighted by atomic mass is 16.5. The summed E-state index contributed by atoms with van der Waals surface area (Å²) in [6, 6.07) is 23.9. The molecule has 0 saturated carbocycles. The third-order valence-corrected chi connectivity index (χ3v) is 5.15. The first-order valence-corrected chi connectivity index (χ1v) is 11.4. The van der Waals surface area contributed by atoms with E-state index in [2.05, 4.69) is 10.6 Å². The maximum Gasteiger partial charge on any atom is 0.253 e. The summed E-state index contributed by atoms with van der Waals surface area (Å²) in [6.07, 6.45) is 0. The van der Waals surface area contributed by atoms with E-state index in [0.29, 0.717) is 43.3 Å². The van der Waals surface area contributed by atoms with E-state index in [1.807, 2.05) is 68.4 Å². The van der Waals surface area contributed by atoms with Crippen molar-refractivity contribution in [1.29, 1.82) is 0 Å². The molecular formula is C27H31N3O4. The first-order chi connectivity index (χ1) is 16.6. The van der Waals surface area contributed by atoms with Crippen molar-refractivity contribution in [3.8, 4) is 11.5 Å². The summed E-state index contributed by atoms with van der Waals surface area (Å²) in [5, 5.41) is 5.95. The van der Waals surface area contributed by atoms with E-state index in [9.17, 15) is 9.59 Å². The van der Waals surface area contributed by atoms with E-state index in [4.69, 9.17) is 9.47 Å². The van der Waals surface area contributed by atoms with Gasteiger partial charge >= 0.3 is 0 Å². The quantitative estimate of drug-likeness (QED) is 0.383. The third-order valence-electron chi connectivity index (χ3n) is 5.15. The van der Waals surface area contributed by atoms with Gasteiger partial charge in [0.05, 0.1) is 12.2 Å². The summed E-state index contributed by atoms with van der Waals surface area (Å²) in [6.45, 7) is 6.07. The molecule has 0 atom stereocenters. The van der Waals surface area contributed by atoms with Crippen molar-refractivity contribution in [3.05, 3.63) is 84.4 Å². The van der Waals surface area contributed by atoms with Crippen LogP contribution in [0, 0.1) is 0 Å². The molecule has 2 amide bonds. The molecule has 0 saturated heterocycles. The lowest BCUT2D eigenvalue weighted by molar-refractivity contribution is -0.114. The topological polar surface area (TPSA) is 79.9 Å². The highest BCUT2D eigenvalue weighted by Gasteiger charge is 2.12. The van der Waals surface area contributed by atoms with Crippen LogP contribution in [0.1, 0.15) is 24.2 Å². The first kappa shape index (κ1) is 24.6. The molecule has 3 rings (SSSR count). The molecule has 2 N–H and O–H groups in total. The van der Waals surface area contributed by atoms with Gasteiger partial charge in [-0.1, -0.05) is 30.3 Å². The maximum atomic E-state index is 12.4. The lowest BCUT2D eigenvalue weighted by Gasteiger charge is -2.18. The Hall–Kier alpha value is -4.00. The smallest absolute Gasteiger partial charge is 0.253 e. The van der Waals surface area contributed by atoms with Crippen LogP contribution >= 0.6 is 0 Å². The second-order valence-corrected chi connectivity index (χ2v) is 7.46. The van der Waals surface area contributed by atoms with Crippen LogP contribution in [-0.4, -0.2) is 49.6 Å². The Balaban J connectivity index is 1.47. The van der Waals surface area contributed by atoms with Crippen LogP contribution in [0.2, 0.25) is 0 Å². The molecule has 34 heavy (non-hydrogen) atoms. The van der Waals surface area contributed by atoms with Crippen molar-refractivity contribution in [1.82, 2.24) is 4.90 Å². The van der Waals surface area contributed by atoms with Crippen LogP contribution in [0.25, 0.3) is 0 Å². The predicted octanol–water partition coefficient (Wildman–Crippen LogP) is 4.68. The second-order valence-electron chi connectivity index (χ2n) is 7.46. The van der Waals surface area contributed by atoms with Gasteiger partial charge in [-0.3, -0.25) is 9.59 Å². The summed E-state index contributed by atoms with van der Waals surface area (Å²) >= 11 is 0. The van der Waals surface area contributed by atoms with E-state index in [1.54, 1.807) is 29.2 Å². The number of ether oxygens (including phenoxy) is 2. The summed E-state index contributed by atoms with van der Waals surface area (Å²) in [7, 11) is 0. The minimum absolute atomic E-state index is 0.0182. The van der Waals surface area contributed by atoms with E-state index >= 15 is 0 Å². The molecule has 0 aliphatic rings. The fraction of sp³-hybridized carbons (Fsp3) is 0.259. The monoisotopic (exact) mass is 461 g/mol. The van der Waals surface area contributed by atoms with Crippen LogP contribution in [0.3, 0.4) is 0 Å².